The number of pyridine rings is 1. The zero-order valence-corrected chi connectivity index (χ0v) is 10.4. The minimum absolute atomic E-state index is 0.206. The van der Waals surface area contributed by atoms with Crippen LogP contribution in [-0.4, -0.2) is 31.2 Å². The quantitative estimate of drug-likeness (QED) is 0.834. The molecule has 3 nitrogen and oxygen atoms in total. The third-order valence-electron chi connectivity index (χ3n) is 3.41. The van der Waals surface area contributed by atoms with Crippen molar-refractivity contribution in [1.82, 2.24) is 10.3 Å². The Morgan fingerprint density at radius 1 is 1.22 bits per heavy atom. The van der Waals surface area contributed by atoms with E-state index in [2.05, 4.69) is 15.2 Å². The summed E-state index contributed by atoms with van der Waals surface area (Å²) < 4.78 is 13.2. The van der Waals surface area contributed by atoms with E-state index in [-0.39, 0.29) is 5.82 Å². The first-order chi connectivity index (χ1) is 8.74. The Balaban J connectivity index is 2.06. The Labute approximate surface area is 106 Å². The van der Waals surface area contributed by atoms with Crippen LogP contribution >= 0.6 is 0 Å². The maximum atomic E-state index is 13.2. The predicted molar refractivity (Wildman–Crippen MR) is 71.5 cm³/mol. The number of nitrogens with one attached hydrogen (secondary N) is 1. The molecule has 1 saturated heterocycles. The maximum Gasteiger partial charge on any atom is 0.129 e. The van der Waals surface area contributed by atoms with Gasteiger partial charge in [-0.15, -0.1) is 0 Å². The zero-order valence-electron chi connectivity index (χ0n) is 10.4. The molecule has 0 bridgehead atoms. The molecule has 2 aromatic rings. The van der Waals surface area contributed by atoms with Crippen molar-refractivity contribution < 1.29 is 4.39 Å². The third-order valence-corrected chi connectivity index (χ3v) is 3.41. The van der Waals surface area contributed by atoms with Crippen molar-refractivity contribution in [3.05, 3.63) is 35.6 Å². The van der Waals surface area contributed by atoms with Crippen LogP contribution in [0.3, 0.4) is 0 Å². The summed E-state index contributed by atoms with van der Waals surface area (Å²) in [7, 11) is 0. The fraction of sp³-hybridized carbons (Fsp3) is 0.357. The van der Waals surface area contributed by atoms with Crippen LogP contribution in [-0.2, 0) is 0 Å². The van der Waals surface area contributed by atoms with Gasteiger partial charge in [0.1, 0.15) is 11.6 Å². The van der Waals surface area contributed by atoms with Crippen molar-refractivity contribution >= 4 is 16.7 Å². The minimum atomic E-state index is -0.206. The molecule has 0 unspecified atom stereocenters. The van der Waals surface area contributed by atoms with E-state index in [0.29, 0.717) is 0 Å². The Kier molecular flexibility index (Phi) is 2.88. The molecular formula is C14H16FN3. The second-order valence-electron chi connectivity index (χ2n) is 4.70. The third kappa shape index (κ3) is 2.04. The number of hydrogen-bond donors (Lipinski definition) is 1. The normalized spacial score (nSPS) is 16.2. The number of nitrogens with zero attached hydrogens (tertiary/aromatic N) is 2. The van der Waals surface area contributed by atoms with Crippen LogP contribution in [0, 0.1) is 12.7 Å². The molecule has 1 aliphatic heterocycles. The number of aryl methyl sites for hydroxylation is 1. The molecule has 1 aromatic carbocycles. The first-order valence-corrected chi connectivity index (χ1v) is 6.26. The second-order valence-corrected chi connectivity index (χ2v) is 4.70. The second kappa shape index (κ2) is 4.53. The smallest absolute Gasteiger partial charge is 0.129 e. The molecule has 4 heteroatoms. The minimum Gasteiger partial charge on any atom is -0.354 e. The van der Waals surface area contributed by atoms with E-state index in [4.69, 9.17) is 0 Å². The van der Waals surface area contributed by atoms with E-state index >= 15 is 0 Å². The van der Waals surface area contributed by atoms with Gasteiger partial charge in [0.2, 0.25) is 0 Å². The lowest BCUT2D eigenvalue weighted by molar-refractivity contribution is 0.585. The summed E-state index contributed by atoms with van der Waals surface area (Å²) in [5, 5.41) is 4.22. The number of piperazine rings is 1. The Hall–Kier alpha value is -1.68. The lowest BCUT2D eigenvalue weighted by Crippen LogP contribution is -2.43. The van der Waals surface area contributed by atoms with Crippen LogP contribution in [0.4, 0.5) is 10.2 Å². The van der Waals surface area contributed by atoms with Crippen LogP contribution in [0.5, 0.6) is 0 Å². The summed E-state index contributed by atoms with van der Waals surface area (Å²) >= 11 is 0. The standard InChI is InChI=1S/C14H16FN3/c1-10-8-14(18-6-4-16-5-7-18)17-13-3-2-11(15)9-12(10)13/h2-3,8-9,16H,4-7H2,1H3. The van der Waals surface area contributed by atoms with Crippen LogP contribution in [0.15, 0.2) is 24.3 Å². The fourth-order valence-corrected chi connectivity index (χ4v) is 2.40. The van der Waals surface area contributed by atoms with Crippen LogP contribution in [0.1, 0.15) is 5.56 Å². The van der Waals surface area contributed by atoms with Gasteiger partial charge in [-0.1, -0.05) is 0 Å². The van der Waals surface area contributed by atoms with Crippen LogP contribution < -0.4 is 10.2 Å². The number of halogens is 1. The van der Waals surface area contributed by atoms with Gasteiger partial charge in [-0.2, -0.15) is 0 Å². The largest absolute Gasteiger partial charge is 0.354 e. The van der Waals surface area contributed by atoms with Gasteiger partial charge >= 0.3 is 0 Å². The molecule has 0 atom stereocenters. The van der Waals surface area contributed by atoms with Crippen molar-refractivity contribution in [2.75, 3.05) is 31.1 Å². The van der Waals surface area contributed by atoms with Gasteiger partial charge in [-0.25, -0.2) is 9.37 Å². The van der Waals surface area contributed by atoms with E-state index in [1.807, 2.05) is 13.0 Å². The summed E-state index contributed by atoms with van der Waals surface area (Å²) in [5.41, 5.74) is 1.94. The van der Waals surface area contributed by atoms with Gasteiger partial charge in [-0.3, -0.25) is 0 Å². The molecule has 94 valence electrons. The Morgan fingerprint density at radius 3 is 2.78 bits per heavy atom. The summed E-state index contributed by atoms with van der Waals surface area (Å²) in [5.74, 6) is 0.787. The van der Waals surface area contributed by atoms with E-state index in [1.54, 1.807) is 12.1 Å². The highest BCUT2D eigenvalue weighted by molar-refractivity contribution is 5.84. The summed E-state index contributed by atoms with van der Waals surface area (Å²) in [4.78, 5) is 6.90. The number of rotatable bonds is 1. The molecule has 1 aliphatic rings. The van der Waals surface area contributed by atoms with Crippen molar-refractivity contribution in [1.29, 1.82) is 0 Å². The molecule has 1 N–H and O–H groups in total. The van der Waals surface area contributed by atoms with Gasteiger partial charge in [0.25, 0.3) is 0 Å². The maximum absolute atomic E-state index is 13.2. The number of anilines is 1. The van der Waals surface area contributed by atoms with Crippen LogP contribution in [0.2, 0.25) is 0 Å². The summed E-state index contributed by atoms with van der Waals surface area (Å²) in [6.45, 7) is 5.93. The lowest BCUT2D eigenvalue weighted by Gasteiger charge is -2.28. The van der Waals surface area contributed by atoms with E-state index < -0.39 is 0 Å². The zero-order chi connectivity index (χ0) is 12.5. The summed E-state index contributed by atoms with van der Waals surface area (Å²) in [6.07, 6.45) is 0. The van der Waals surface area contributed by atoms with E-state index in [1.165, 1.54) is 6.07 Å². The number of benzene rings is 1. The van der Waals surface area contributed by atoms with Crippen molar-refractivity contribution in [3.8, 4) is 0 Å². The molecule has 3 rings (SSSR count). The molecule has 0 radical (unpaired) electrons. The average Bonchev–Trinajstić information content (AvgIpc) is 2.40. The van der Waals surface area contributed by atoms with E-state index in [9.17, 15) is 4.39 Å². The SMILES string of the molecule is Cc1cc(N2CCNCC2)nc2ccc(F)cc12. The highest BCUT2D eigenvalue weighted by atomic mass is 19.1. The Bertz CT molecular complexity index is 577. The van der Waals surface area contributed by atoms with Gasteiger partial charge in [0, 0.05) is 31.6 Å². The topological polar surface area (TPSA) is 28.2 Å². The van der Waals surface area contributed by atoms with Crippen LogP contribution in [0.25, 0.3) is 10.9 Å². The number of hydrogen-bond acceptors (Lipinski definition) is 3. The molecule has 18 heavy (non-hydrogen) atoms. The first kappa shape index (κ1) is 11.4. The average molecular weight is 245 g/mol. The molecule has 0 aliphatic carbocycles. The van der Waals surface area contributed by atoms with Crippen molar-refractivity contribution in [2.45, 2.75) is 6.92 Å². The molecular weight excluding hydrogens is 229 g/mol. The predicted octanol–water partition coefficient (Wildman–Crippen LogP) is 2.09. The van der Waals surface area contributed by atoms with Gasteiger partial charge < -0.3 is 10.2 Å². The fourth-order valence-electron chi connectivity index (χ4n) is 2.40. The monoisotopic (exact) mass is 245 g/mol. The van der Waals surface area contributed by atoms with Crippen molar-refractivity contribution in [2.24, 2.45) is 0 Å². The molecule has 1 fully saturated rings. The number of aromatic nitrogens is 1. The van der Waals surface area contributed by atoms with Gasteiger partial charge in [-0.05, 0) is 36.8 Å². The van der Waals surface area contributed by atoms with E-state index in [0.717, 1.165) is 48.5 Å². The lowest BCUT2D eigenvalue weighted by atomic mass is 10.1. The molecule has 0 saturated carbocycles. The van der Waals surface area contributed by atoms with Gasteiger partial charge in [0.15, 0.2) is 0 Å². The first-order valence-electron chi connectivity index (χ1n) is 6.26. The molecule has 0 amide bonds. The molecule has 2 heterocycles. The highest BCUT2D eigenvalue weighted by Gasteiger charge is 2.13. The van der Waals surface area contributed by atoms with Gasteiger partial charge in [0.05, 0.1) is 5.52 Å². The number of fused-ring (bicyclic) bond motifs is 1. The Morgan fingerprint density at radius 2 is 2.00 bits per heavy atom. The highest BCUT2D eigenvalue weighted by Crippen LogP contribution is 2.23. The summed E-state index contributed by atoms with van der Waals surface area (Å²) in [6, 6.07) is 6.83. The van der Waals surface area contributed by atoms with Crippen molar-refractivity contribution in [3.63, 3.8) is 0 Å². The molecule has 0 spiro atoms. The molecule has 1 aromatic heterocycles.